The zero-order valence-electron chi connectivity index (χ0n) is 9.49. The van der Waals surface area contributed by atoms with E-state index in [4.69, 9.17) is 0 Å². The lowest BCUT2D eigenvalue weighted by Crippen LogP contribution is -2.10. The van der Waals surface area contributed by atoms with Crippen molar-refractivity contribution in [2.45, 2.75) is 27.3 Å². The van der Waals surface area contributed by atoms with E-state index in [-0.39, 0.29) is 5.41 Å². The molecule has 2 rings (SSSR count). The van der Waals surface area contributed by atoms with E-state index in [1.54, 1.807) is 0 Å². The van der Waals surface area contributed by atoms with Crippen LogP contribution in [0.25, 0.3) is 6.08 Å². The van der Waals surface area contributed by atoms with Gasteiger partial charge < -0.3 is 0 Å². The first-order chi connectivity index (χ1) is 7.07. The van der Waals surface area contributed by atoms with E-state index in [1.807, 2.05) is 18.5 Å². The number of nitrogens with zero attached hydrogens (tertiary/aromatic N) is 2. The van der Waals surface area contributed by atoms with Crippen molar-refractivity contribution in [3.63, 3.8) is 0 Å². The summed E-state index contributed by atoms with van der Waals surface area (Å²) in [5.74, 6) is 0. The van der Waals surface area contributed by atoms with Crippen LogP contribution in [-0.2, 0) is 6.54 Å². The van der Waals surface area contributed by atoms with Gasteiger partial charge in [0.25, 0.3) is 0 Å². The molecule has 1 aliphatic rings. The van der Waals surface area contributed by atoms with Crippen LogP contribution in [0.15, 0.2) is 28.9 Å². The molecule has 0 fully saturated rings. The van der Waals surface area contributed by atoms with Crippen molar-refractivity contribution in [2.75, 3.05) is 0 Å². The van der Waals surface area contributed by atoms with Gasteiger partial charge >= 0.3 is 0 Å². The fraction of sp³-hybridized carbons (Fsp3) is 0.385. The van der Waals surface area contributed by atoms with E-state index in [0.29, 0.717) is 0 Å². The van der Waals surface area contributed by atoms with Gasteiger partial charge in [0.1, 0.15) is 0 Å². The molecule has 0 amide bonds. The van der Waals surface area contributed by atoms with Crippen molar-refractivity contribution < 1.29 is 0 Å². The fourth-order valence-corrected chi connectivity index (χ4v) is 1.55. The highest BCUT2D eigenvalue weighted by Crippen LogP contribution is 2.27. The van der Waals surface area contributed by atoms with Gasteiger partial charge in [-0.25, -0.2) is 0 Å². The molecule has 0 aliphatic carbocycles. The molecule has 0 aromatic carbocycles. The summed E-state index contributed by atoms with van der Waals surface area (Å²) in [5.41, 5.74) is 3.62. The highest BCUT2D eigenvalue weighted by molar-refractivity contribution is 5.87. The van der Waals surface area contributed by atoms with E-state index in [9.17, 15) is 0 Å². The molecule has 0 saturated carbocycles. The second-order valence-electron chi connectivity index (χ2n) is 4.87. The minimum atomic E-state index is 0.128. The predicted octanol–water partition coefficient (Wildman–Crippen LogP) is 3.10. The Morgan fingerprint density at radius 1 is 1.27 bits per heavy atom. The molecule has 0 radical (unpaired) electrons. The highest BCUT2D eigenvalue weighted by atomic mass is 14.7. The lowest BCUT2D eigenvalue weighted by molar-refractivity contribution is 0.530. The van der Waals surface area contributed by atoms with E-state index in [0.717, 1.165) is 12.2 Å². The molecule has 0 saturated heterocycles. The SMILES string of the molecule is CC(C)(C)C1=Cc2ncccc2CN=C1. The van der Waals surface area contributed by atoms with Crippen molar-refractivity contribution in [3.8, 4) is 0 Å². The van der Waals surface area contributed by atoms with Crippen molar-refractivity contribution in [1.29, 1.82) is 0 Å². The number of aromatic nitrogens is 1. The molecule has 1 aromatic rings. The monoisotopic (exact) mass is 200 g/mol. The van der Waals surface area contributed by atoms with Gasteiger partial charge in [-0.3, -0.25) is 9.98 Å². The summed E-state index contributed by atoms with van der Waals surface area (Å²) in [6, 6.07) is 4.05. The van der Waals surface area contributed by atoms with Gasteiger partial charge in [0.05, 0.1) is 12.2 Å². The smallest absolute Gasteiger partial charge is 0.0683 e. The molecule has 1 aliphatic heterocycles. The number of allylic oxidation sites excluding steroid dienone is 1. The molecule has 78 valence electrons. The van der Waals surface area contributed by atoms with Gasteiger partial charge in [-0.1, -0.05) is 26.8 Å². The van der Waals surface area contributed by atoms with Gasteiger partial charge in [-0.2, -0.15) is 0 Å². The van der Waals surface area contributed by atoms with Crippen LogP contribution in [0, 0.1) is 5.41 Å². The Bertz CT molecular complexity index is 422. The Labute approximate surface area is 90.8 Å². The fourth-order valence-electron chi connectivity index (χ4n) is 1.55. The standard InChI is InChI=1S/C13H16N2/c1-13(2,3)11-7-12-10(8-14-9-11)5-4-6-15-12/h4-7,9H,8H2,1-3H3. The number of rotatable bonds is 0. The van der Waals surface area contributed by atoms with Crippen molar-refractivity contribution >= 4 is 12.3 Å². The normalized spacial score (nSPS) is 15.5. The van der Waals surface area contributed by atoms with Crippen molar-refractivity contribution in [3.05, 3.63) is 35.2 Å². The molecule has 2 heterocycles. The number of pyridine rings is 1. The van der Waals surface area contributed by atoms with E-state index in [2.05, 4.69) is 42.9 Å². The van der Waals surface area contributed by atoms with E-state index in [1.165, 1.54) is 11.1 Å². The molecular weight excluding hydrogens is 184 g/mol. The predicted molar refractivity (Wildman–Crippen MR) is 63.9 cm³/mol. The van der Waals surface area contributed by atoms with Crippen LogP contribution in [0.3, 0.4) is 0 Å². The molecule has 2 heteroatoms. The van der Waals surface area contributed by atoms with Crippen LogP contribution in [0.4, 0.5) is 0 Å². The lowest BCUT2D eigenvalue weighted by atomic mass is 9.86. The van der Waals surface area contributed by atoms with Crippen LogP contribution >= 0.6 is 0 Å². The first kappa shape index (κ1) is 10.1. The molecule has 0 bridgehead atoms. The number of hydrogen-bond acceptors (Lipinski definition) is 2. The zero-order chi connectivity index (χ0) is 10.9. The minimum Gasteiger partial charge on any atom is -0.288 e. The lowest BCUT2D eigenvalue weighted by Gasteiger charge is -2.18. The third kappa shape index (κ3) is 2.14. The topological polar surface area (TPSA) is 25.2 Å². The Balaban J connectivity index is 2.50. The summed E-state index contributed by atoms with van der Waals surface area (Å²) in [4.78, 5) is 8.81. The van der Waals surface area contributed by atoms with Crippen molar-refractivity contribution in [2.24, 2.45) is 10.4 Å². The van der Waals surface area contributed by atoms with E-state index >= 15 is 0 Å². The maximum Gasteiger partial charge on any atom is 0.0683 e. The second kappa shape index (κ2) is 3.61. The maximum absolute atomic E-state index is 4.43. The van der Waals surface area contributed by atoms with Crippen LogP contribution in [0.2, 0.25) is 0 Å². The molecular formula is C13H16N2. The number of aliphatic imine (C=N–C) groups is 1. The maximum atomic E-state index is 4.43. The Morgan fingerprint density at radius 2 is 2.07 bits per heavy atom. The average molecular weight is 200 g/mol. The molecule has 2 nitrogen and oxygen atoms in total. The summed E-state index contributed by atoms with van der Waals surface area (Å²) in [6.45, 7) is 7.32. The van der Waals surface area contributed by atoms with Crippen LogP contribution in [0.5, 0.6) is 0 Å². The number of hydrogen-bond donors (Lipinski definition) is 0. The van der Waals surface area contributed by atoms with Crippen LogP contribution in [-0.4, -0.2) is 11.2 Å². The highest BCUT2D eigenvalue weighted by Gasteiger charge is 2.17. The van der Waals surface area contributed by atoms with Gasteiger partial charge in [0, 0.05) is 12.4 Å². The largest absolute Gasteiger partial charge is 0.288 e. The summed E-state index contributed by atoms with van der Waals surface area (Å²) < 4.78 is 0. The summed E-state index contributed by atoms with van der Waals surface area (Å²) in [5, 5.41) is 0. The summed E-state index contributed by atoms with van der Waals surface area (Å²) in [7, 11) is 0. The molecule has 1 aromatic heterocycles. The Kier molecular flexibility index (Phi) is 2.43. The van der Waals surface area contributed by atoms with Crippen LogP contribution < -0.4 is 0 Å². The first-order valence-corrected chi connectivity index (χ1v) is 5.23. The summed E-state index contributed by atoms with van der Waals surface area (Å²) >= 11 is 0. The van der Waals surface area contributed by atoms with Gasteiger partial charge in [0.15, 0.2) is 0 Å². The van der Waals surface area contributed by atoms with Crippen LogP contribution in [0.1, 0.15) is 32.0 Å². The molecule has 0 atom stereocenters. The second-order valence-corrected chi connectivity index (χ2v) is 4.87. The number of fused-ring (bicyclic) bond motifs is 1. The average Bonchev–Trinajstić information content (AvgIpc) is 2.38. The summed E-state index contributed by atoms with van der Waals surface area (Å²) in [6.07, 6.45) is 5.95. The molecule has 0 N–H and O–H groups in total. The third-order valence-corrected chi connectivity index (χ3v) is 2.58. The molecule has 0 unspecified atom stereocenters. The quantitative estimate of drug-likeness (QED) is 0.631. The first-order valence-electron chi connectivity index (χ1n) is 5.23. The third-order valence-electron chi connectivity index (χ3n) is 2.58. The van der Waals surface area contributed by atoms with Gasteiger partial charge in [0.2, 0.25) is 0 Å². The molecule has 15 heavy (non-hydrogen) atoms. The molecule has 0 spiro atoms. The van der Waals surface area contributed by atoms with Gasteiger partial charge in [-0.05, 0) is 28.7 Å². The van der Waals surface area contributed by atoms with E-state index < -0.39 is 0 Å². The minimum absolute atomic E-state index is 0.128. The zero-order valence-corrected chi connectivity index (χ0v) is 9.49. The Morgan fingerprint density at radius 3 is 2.80 bits per heavy atom. The van der Waals surface area contributed by atoms with Crippen molar-refractivity contribution in [1.82, 2.24) is 4.98 Å². The van der Waals surface area contributed by atoms with Gasteiger partial charge in [-0.15, -0.1) is 0 Å². The Hall–Kier alpha value is -1.44.